The minimum Gasteiger partial charge on any atom is -0.478 e. The molecule has 1 atom stereocenters. The van der Waals surface area contributed by atoms with Crippen LogP contribution in [0.2, 0.25) is 0 Å². The first-order chi connectivity index (χ1) is 11.7. The molecule has 0 radical (unpaired) electrons. The van der Waals surface area contributed by atoms with E-state index in [1.54, 1.807) is 13.1 Å². The summed E-state index contributed by atoms with van der Waals surface area (Å²) in [5.74, 6) is -1.03. The molecule has 1 N–H and O–H groups in total. The average Bonchev–Trinajstić information content (AvgIpc) is 3.07. The molecule has 24 heavy (non-hydrogen) atoms. The summed E-state index contributed by atoms with van der Waals surface area (Å²) in [4.78, 5) is 20.9. The molecule has 3 heterocycles. The number of carboxylic acid groups (broad SMARTS) is 1. The Morgan fingerprint density at radius 3 is 2.92 bits per heavy atom. The maximum atomic E-state index is 11.2. The lowest BCUT2D eigenvalue weighted by molar-refractivity contribution is -0.150. The lowest BCUT2D eigenvalue weighted by Gasteiger charge is -2.10. The first-order valence-corrected chi connectivity index (χ1v) is 7.73. The van der Waals surface area contributed by atoms with Crippen molar-refractivity contribution in [2.45, 2.75) is 19.4 Å². The molecule has 120 valence electrons. The fourth-order valence-corrected chi connectivity index (χ4v) is 3.00. The molecule has 0 aliphatic carbocycles. The van der Waals surface area contributed by atoms with Crippen LogP contribution in [0.3, 0.4) is 0 Å². The van der Waals surface area contributed by atoms with Gasteiger partial charge < -0.3 is 14.3 Å². The molecule has 0 spiro atoms. The van der Waals surface area contributed by atoms with Gasteiger partial charge in [0, 0.05) is 17.8 Å². The van der Waals surface area contributed by atoms with Crippen LogP contribution < -0.4 is 5.36 Å². The minimum atomic E-state index is -1.03. The van der Waals surface area contributed by atoms with E-state index in [2.05, 4.69) is 10.1 Å². The van der Waals surface area contributed by atoms with Crippen LogP contribution in [0.15, 0.2) is 53.9 Å². The Morgan fingerprint density at radius 2 is 2.12 bits per heavy atom. The van der Waals surface area contributed by atoms with Gasteiger partial charge in [0.15, 0.2) is 5.36 Å². The normalized spacial score (nSPS) is 13.8. The standard InChI is InChI=1S/C18H15N3O3/c1-2-14(18(22)23)24-20-16-13-7-4-10-21(13)12-6-3-5-11-8-9-19-17(16)15(11)12/h3-10,14H,2H2,1H3,(H,22,23). The smallest absolute Gasteiger partial charge is 0.347 e. The Labute approximate surface area is 137 Å². The Bertz CT molecular complexity index is 1110. The Hall–Kier alpha value is -3.15. The van der Waals surface area contributed by atoms with Gasteiger partial charge in [-0.2, -0.15) is 0 Å². The SMILES string of the molecule is CCC(ON=c1c2nccc3cccc(c32)n2cccc12)C(=O)O. The van der Waals surface area contributed by atoms with Crippen molar-refractivity contribution in [2.75, 3.05) is 0 Å². The van der Waals surface area contributed by atoms with Crippen molar-refractivity contribution in [3.05, 3.63) is 54.1 Å². The van der Waals surface area contributed by atoms with Crippen LogP contribution in [0, 0.1) is 0 Å². The summed E-state index contributed by atoms with van der Waals surface area (Å²) in [6.07, 6.45) is 3.03. The molecule has 3 aromatic heterocycles. The number of carbonyl (C=O) groups is 1. The number of nitrogens with zero attached hydrogens (tertiary/aromatic N) is 3. The molecule has 0 amide bonds. The maximum Gasteiger partial charge on any atom is 0.347 e. The van der Waals surface area contributed by atoms with E-state index in [1.807, 2.05) is 47.0 Å². The molecule has 6 heteroatoms. The molecule has 4 aromatic rings. The third kappa shape index (κ3) is 2.07. The zero-order valence-corrected chi connectivity index (χ0v) is 13.0. The second-order valence-electron chi connectivity index (χ2n) is 5.58. The second kappa shape index (κ2) is 5.49. The highest BCUT2D eigenvalue weighted by Crippen LogP contribution is 2.24. The predicted molar refractivity (Wildman–Crippen MR) is 89.8 cm³/mol. The van der Waals surface area contributed by atoms with E-state index in [0.717, 1.165) is 21.8 Å². The molecule has 1 aromatic carbocycles. The molecule has 0 saturated carbocycles. The van der Waals surface area contributed by atoms with Crippen molar-refractivity contribution >= 4 is 33.3 Å². The zero-order valence-electron chi connectivity index (χ0n) is 13.0. The van der Waals surface area contributed by atoms with Gasteiger partial charge in [-0.15, -0.1) is 0 Å². The van der Waals surface area contributed by atoms with Gasteiger partial charge in [0.2, 0.25) is 6.10 Å². The lowest BCUT2D eigenvalue weighted by atomic mass is 10.1. The van der Waals surface area contributed by atoms with E-state index >= 15 is 0 Å². The topological polar surface area (TPSA) is 76.2 Å². The van der Waals surface area contributed by atoms with Crippen molar-refractivity contribution in [3.8, 4) is 0 Å². The third-order valence-electron chi connectivity index (χ3n) is 4.16. The minimum absolute atomic E-state index is 0.335. The van der Waals surface area contributed by atoms with Crippen LogP contribution in [-0.4, -0.2) is 26.6 Å². The Morgan fingerprint density at radius 1 is 1.29 bits per heavy atom. The monoisotopic (exact) mass is 321 g/mol. The number of rotatable bonds is 4. The van der Waals surface area contributed by atoms with Crippen LogP contribution in [-0.2, 0) is 9.63 Å². The second-order valence-corrected chi connectivity index (χ2v) is 5.58. The van der Waals surface area contributed by atoms with Gasteiger partial charge >= 0.3 is 5.97 Å². The van der Waals surface area contributed by atoms with E-state index in [9.17, 15) is 4.79 Å². The van der Waals surface area contributed by atoms with Gasteiger partial charge in [-0.05, 0) is 36.1 Å². The van der Waals surface area contributed by atoms with Crippen LogP contribution >= 0.6 is 0 Å². The van der Waals surface area contributed by atoms with Gasteiger partial charge in [0.05, 0.1) is 11.0 Å². The number of pyridine rings is 2. The molecular formula is C18H15N3O3. The van der Waals surface area contributed by atoms with Crippen LogP contribution in [0.25, 0.3) is 27.3 Å². The fraction of sp³-hybridized carbons (Fsp3) is 0.167. The zero-order chi connectivity index (χ0) is 16.7. The number of hydrogen-bond donors (Lipinski definition) is 1. The summed E-state index contributed by atoms with van der Waals surface area (Å²) in [7, 11) is 0. The van der Waals surface area contributed by atoms with Gasteiger partial charge in [0.1, 0.15) is 5.52 Å². The van der Waals surface area contributed by atoms with Crippen LogP contribution in [0.1, 0.15) is 13.3 Å². The van der Waals surface area contributed by atoms with E-state index in [-0.39, 0.29) is 0 Å². The van der Waals surface area contributed by atoms with Gasteiger partial charge in [0.25, 0.3) is 0 Å². The summed E-state index contributed by atoms with van der Waals surface area (Å²) in [5.41, 5.74) is 2.56. The first kappa shape index (κ1) is 14.4. The van der Waals surface area contributed by atoms with E-state index in [1.165, 1.54) is 0 Å². The summed E-state index contributed by atoms with van der Waals surface area (Å²) in [5, 5.41) is 15.9. The van der Waals surface area contributed by atoms with Gasteiger partial charge in [-0.3, -0.25) is 4.98 Å². The Kier molecular flexibility index (Phi) is 3.30. The van der Waals surface area contributed by atoms with Gasteiger partial charge in [-0.1, -0.05) is 24.2 Å². The van der Waals surface area contributed by atoms with Crippen molar-refractivity contribution in [1.29, 1.82) is 0 Å². The van der Waals surface area contributed by atoms with Crippen molar-refractivity contribution < 1.29 is 14.7 Å². The molecule has 0 aliphatic heterocycles. The average molecular weight is 321 g/mol. The number of aliphatic carboxylic acids is 1. The number of benzene rings is 1. The van der Waals surface area contributed by atoms with E-state index in [0.29, 0.717) is 17.3 Å². The lowest BCUT2D eigenvalue weighted by Crippen LogP contribution is -2.22. The molecule has 4 rings (SSSR count). The molecule has 0 bridgehead atoms. The van der Waals surface area contributed by atoms with Crippen LogP contribution in [0.5, 0.6) is 0 Å². The molecular weight excluding hydrogens is 306 g/mol. The highest BCUT2D eigenvalue weighted by Gasteiger charge is 2.17. The number of aromatic nitrogens is 2. The predicted octanol–water partition coefficient (Wildman–Crippen LogP) is 2.77. The van der Waals surface area contributed by atoms with Crippen LogP contribution in [0.4, 0.5) is 0 Å². The summed E-state index contributed by atoms with van der Waals surface area (Å²) in [6, 6.07) is 11.8. The molecule has 0 fully saturated rings. The fourth-order valence-electron chi connectivity index (χ4n) is 3.00. The third-order valence-corrected chi connectivity index (χ3v) is 4.16. The van der Waals surface area contributed by atoms with E-state index in [4.69, 9.17) is 9.94 Å². The Balaban J connectivity index is 2.08. The maximum absolute atomic E-state index is 11.2. The number of hydrogen-bond acceptors (Lipinski definition) is 4. The first-order valence-electron chi connectivity index (χ1n) is 7.73. The molecule has 1 unspecified atom stereocenters. The summed E-state index contributed by atoms with van der Waals surface area (Å²) < 4.78 is 2.01. The van der Waals surface area contributed by atoms with Gasteiger partial charge in [-0.25, -0.2) is 4.79 Å². The largest absolute Gasteiger partial charge is 0.478 e. The highest BCUT2D eigenvalue weighted by atomic mass is 16.6. The number of carboxylic acids is 1. The highest BCUT2D eigenvalue weighted by molar-refractivity contribution is 6.08. The number of fused-ring (bicyclic) bond motifs is 2. The quantitative estimate of drug-likeness (QED) is 0.586. The van der Waals surface area contributed by atoms with Crippen molar-refractivity contribution in [2.24, 2.45) is 5.16 Å². The van der Waals surface area contributed by atoms with E-state index < -0.39 is 12.1 Å². The van der Waals surface area contributed by atoms with Crippen molar-refractivity contribution in [1.82, 2.24) is 9.38 Å². The molecule has 6 nitrogen and oxygen atoms in total. The molecule has 0 aliphatic rings. The van der Waals surface area contributed by atoms with Crippen molar-refractivity contribution in [3.63, 3.8) is 0 Å². The molecule has 0 saturated heterocycles. The summed E-state index contributed by atoms with van der Waals surface area (Å²) in [6.45, 7) is 1.75. The summed E-state index contributed by atoms with van der Waals surface area (Å²) >= 11 is 0.